The Morgan fingerprint density at radius 3 is 2.62 bits per heavy atom. The number of halogens is 1. The highest BCUT2D eigenvalue weighted by atomic mass is 35.5. The first kappa shape index (κ1) is 16.4. The maximum atomic E-state index is 6.25. The quantitative estimate of drug-likeness (QED) is 0.889. The minimum Gasteiger partial charge on any atom is -0.310 e. The lowest BCUT2D eigenvalue weighted by atomic mass is 9.91. The molecule has 0 aromatic carbocycles. The van der Waals surface area contributed by atoms with E-state index >= 15 is 0 Å². The summed E-state index contributed by atoms with van der Waals surface area (Å²) in [5.74, 6) is 0. The van der Waals surface area contributed by atoms with Crippen molar-refractivity contribution in [3.8, 4) is 10.7 Å². The van der Waals surface area contributed by atoms with E-state index in [1.165, 1.54) is 4.88 Å². The zero-order valence-corrected chi connectivity index (χ0v) is 14.8. The molecule has 114 valence electrons. The minimum absolute atomic E-state index is 0.00397. The average Bonchev–Trinajstić information content (AvgIpc) is 2.81. The lowest BCUT2D eigenvalue weighted by Gasteiger charge is -2.18. The fourth-order valence-corrected chi connectivity index (χ4v) is 3.50. The lowest BCUT2D eigenvalue weighted by Crippen LogP contribution is -2.23. The van der Waals surface area contributed by atoms with Gasteiger partial charge < -0.3 is 5.32 Å². The van der Waals surface area contributed by atoms with Crippen molar-refractivity contribution >= 4 is 22.9 Å². The SMILES string of the molecule is CC(C)NCc1sc(-c2ncccc2Cl)nc1C(C)(C)C. The Kier molecular flexibility index (Phi) is 5.02. The van der Waals surface area contributed by atoms with Crippen molar-refractivity contribution < 1.29 is 0 Å². The summed E-state index contributed by atoms with van der Waals surface area (Å²) in [5.41, 5.74) is 1.90. The number of nitrogens with zero attached hydrogens (tertiary/aromatic N) is 2. The smallest absolute Gasteiger partial charge is 0.143 e. The summed E-state index contributed by atoms with van der Waals surface area (Å²) < 4.78 is 0. The molecule has 0 aliphatic heterocycles. The Hall–Kier alpha value is -0.970. The summed E-state index contributed by atoms with van der Waals surface area (Å²) in [6, 6.07) is 4.14. The molecule has 0 unspecified atom stereocenters. The Morgan fingerprint density at radius 1 is 1.33 bits per heavy atom. The highest BCUT2D eigenvalue weighted by Gasteiger charge is 2.24. The van der Waals surface area contributed by atoms with Crippen LogP contribution in [0.2, 0.25) is 5.02 Å². The molecule has 0 saturated carbocycles. The third kappa shape index (κ3) is 4.02. The van der Waals surface area contributed by atoms with Gasteiger partial charge in [-0.15, -0.1) is 11.3 Å². The standard InChI is InChI=1S/C16H22ClN3S/c1-10(2)19-9-12-14(16(3,4)5)20-15(21-12)13-11(17)7-6-8-18-13/h6-8,10,19H,9H2,1-5H3. The van der Waals surface area contributed by atoms with E-state index < -0.39 is 0 Å². The van der Waals surface area contributed by atoms with Gasteiger partial charge in [-0.2, -0.15) is 0 Å². The molecule has 2 aromatic rings. The molecular formula is C16H22ClN3S. The molecule has 2 aromatic heterocycles. The molecule has 0 fully saturated rings. The number of nitrogens with one attached hydrogen (secondary N) is 1. The molecule has 0 bridgehead atoms. The average molecular weight is 324 g/mol. The second kappa shape index (κ2) is 6.42. The number of hydrogen-bond donors (Lipinski definition) is 1. The molecule has 21 heavy (non-hydrogen) atoms. The zero-order chi connectivity index (χ0) is 15.6. The molecule has 0 saturated heterocycles. The second-order valence-corrected chi connectivity index (χ2v) is 7.90. The van der Waals surface area contributed by atoms with Crippen molar-refractivity contribution in [2.45, 2.75) is 52.6 Å². The van der Waals surface area contributed by atoms with Crippen molar-refractivity contribution in [1.29, 1.82) is 0 Å². The van der Waals surface area contributed by atoms with Gasteiger partial charge in [-0.25, -0.2) is 4.98 Å². The molecule has 3 nitrogen and oxygen atoms in total. The van der Waals surface area contributed by atoms with Crippen LogP contribution < -0.4 is 5.32 Å². The molecule has 2 rings (SSSR count). The van der Waals surface area contributed by atoms with Gasteiger partial charge in [-0.3, -0.25) is 4.98 Å². The van der Waals surface area contributed by atoms with Crippen molar-refractivity contribution in [3.05, 3.63) is 33.9 Å². The first-order valence-corrected chi connectivity index (χ1v) is 8.33. The summed E-state index contributed by atoms with van der Waals surface area (Å²) in [4.78, 5) is 10.5. The number of thiazole rings is 1. The van der Waals surface area contributed by atoms with Crippen molar-refractivity contribution in [2.75, 3.05) is 0 Å². The Bertz CT molecular complexity index is 614. The summed E-state index contributed by atoms with van der Waals surface area (Å²) in [7, 11) is 0. The predicted octanol–water partition coefficient (Wildman–Crippen LogP) is 4.65. The molecule has 1 N–H and O–H groups in total. The Balaban J connectivity index is 2.43. The van der Waals surface area contributed by atoms with Gasteiger partial charge in [0.05, 0.1) is 10.7 Å². The number of hydrogen-bond acceptors (Lipinski definition) is 4. The topological polar surface area (TPSA) is 37.8 Å². The van der Waals surface area contributed by atoms with Crippen LogP contribution in [0.5, 0.6) is 0 Å². The van der Waals surface area contributed by atoms with Crippen molar-refractivity contribution in [3.63, 3.8) is 0 Å². The molecule has 0 aliphatic carbocycles. The van der Waals surface area contributed by atoms with Gasteiger partial charge in [0.1, 0.15) is 10.7 Å². The van der Waals surface area contributed by atoms with Crippen LogP contribution in [0.25, 0.3) is 10.7 Å². The van der Waals surface area contributed by atoms with Gasteiger partial charge in [0.25, 0.3) is 0 Å². The van der Waals surface area contributed by atoms with Gasteiger partial charge in [0, 0.05) is 29.1 Å². The van der Waals surface area contributed by atoms with E-state index in [-0.39, 0.29) is 5.41 Å². The predicted molar refractivity (Wildman–Crippen MR) is 91.0 cm³/mol. The van der Waals surface area contributed by atoms with Crippen LogP contribution in [-0.2, 0) is 12.0 Å². The Labute approximate surface area is 135 Å². The first-order chi connectivity index (χ1) is 9.79. The molecule has 0 radical (unpaired) electrons. The highest BCUT2D eigenvalue weighted by molar-refractivity contribution is 7.15. The van der Waals surface area contributed by atoms with E-state index in [4.69, 9.17) is 16.6 Å². The summed E-state index contributed by atoms with van der Waals surface area (Å²) in [6.45, 7) is 11.7. The molecule has 2 heterocycles. The second-order valence-electron chi connectivity index (χ2n) is 6.41. The monoisotopic (exact) mass is 323 g/mol. The number of pyridine rings is 1. The van der Waals surface area contributed by atoms with E-state index in [1.54, 1.807) is 17.5 Å². The maximum Gasteiger partial charge on any atom is 0.143 e. The van der Waals surface area contributed by atoms with Crippen molar-refractivity contribution in [2.24, 2.45) is 0 Å². The normalized spacial score (nSPS) is 12.1. The summed E-state index contributed by atoms with van der Waals surface area (Å²) >= 11 is 7.93. The van der Waals surface area contributed by atoms with Gasteiger partial charge in [-0.1, -0.05) is 46.2 Å². The largest absolute Gasteiger partial charge is 0.310 e. The van der Waals surface area contributed by atoms with Crippen LogP contribution in [0.4, 0.5) is 0 Å². The van der Waals surface area contributed by atoms with E-state index in [1.807, 2.05) is 12.1 Å². The van der Waals surface area contributed by atoms with Crippen LogP contribution in [0.15, 0.2) is 18.3 Å². The zero-order valence-electron chi connectivity index (χ0n) is 13.2. The summed E-state index contributed by atoms with van der Waals surface area (Å²) in [5, 5.41) is 5.01. The van der Waals surface area contributed by atoms with Crippen molar-refractivity contribution in [1.82, 2.24) is 15.3 Å². The van der Waals surface area contributed by atoms with E-state index in [2.05, 4.69) is 44.9 Å². The van der Waals surface area contributed by atoms with Gasteiger partial charge in [-0.05, 0) is 12.1 Å². The van der Waals surface area contributed by atoms with Crippen LogP contribution in [0, 0.1) is 0 Å². The van der Waals surface area contributed by atoms with E-state index in [0.717, 1.165) is 22.9 Å². The fraction of sp³-hybridized carbons (Fsp3) is 0.500. The fourth-order valence-electron chi connectivity index (χ4n) is 2.00. The van der Waals surface area contributed by atoms with E-state index in [0.29, 0.717) is 11.1 Å². The van der Waals surface area contributed by atoms with Crippen LogP contribution in [-0.4, -0.2) is 16.0 Å². The third-order valence-corrected chi connectivity index (χ3v) is 4.41. The van der Waals surface area contributed by atoms with Crippen LogP contribution in [0.1, 0.15) is 45.2 Å². The number of rotatable bonds is 4. The maximum absolute atomic E-state index is 6.25. The highest BCUT2D eigenvalue weighted by Crippen LogP contribution is 2.36. The third-order valence-electron chi connectivity index (χ3n) is 3.04. The molecule has 0 spiro atoms. The van der Waals surface area contributed by atoms with Gasteiger partial charge in [0.2, 0.25) is 0 Å². The lowest BCUT2D eigenvalue weighted by molar-refractivity contribution is 0.546. The van der Waals surface area contributed by atoms with Crippen LogP contribution >= 0.6 is 22.9 Å². The Morgan fingerprint density at radius 2 is 2.05 bits per heavy atom. The molecule has 0 amide bonds. The van der Waals surface area contributed by atoms with Crippen LogP contribution in [0.3, 0.4) is 0 Å². The number of aromatic nitrogens is 2. The molecular weight excluding hydrogens is 302 g/mol. The molecule has 5 heteroatoms. The summed E-state index contributed by atoms with van der Waals surface area (Å²) in [6.07, 6.45) is 1.76. The van der Waals surface area contributed by atoms with E-state index in [9.17, 15) is 0 Å². The van der Waals surface area contributed by atoms with Gasteiger partial charge >= 0.3 is 0 Å². The molecule has 0 aliphatic rings. The minimum atomic E-state index is 0.00397. The van der Waals surface area contributed by atoms with Gasteiger partial charge in [0.15, 0.2) is 0 Å². The molecule has 0 atom stereocenters. The first-order valence-electron chi connectivity index (χ1n) is 7.13.